The minimum absolute atomic E-state index is 0.503. The van der Waals surface area contributed by atoms with Crippen molar-refractivity contribution in [2.24, 2.45) is 0 Å². The number of aryl methyl sites for hydroxylation is 1. The third-order valence-corrected chi connectivity index (χ3v) is 11.9. The van der Waals surface area contributed by atoms with Gasteiger partial charge < -0.3 is 4.57 Å². The van der Waals surface area contributed by atoms with Crippen molar-refractivity contribution in [2.75, 3.05) is 0 Å². The fourth-order valence-corrected chi connectivity index (χ4v) is 8.75. The standard InChI is InChI=1S/C58H38F3N5/c1-37-30-44(32-45(31-37)58(59,60)61)42-26-28-54-47(33-42)46-24-14-15-25-53(46)66(54)55-29-27-43(51-35-49(38-16-6-2-7-17-38)62-56(64-51)40-20-10-4-11-21-40)34-48(55)52-36-50(39-18-8-3-9-19-39)63-57(65-52)41-22-12-5-13-23-41/h2-36H,1H3. The predicted molar refractivity (Wildman–Crippen MR) is 260 cm³/mol. The highest BCUT2D eigenvalue weighted by molar-refractivity contribution is 6.11. The van der Waals surface area contributed by atoms with Gasteiger partial charge in [-0.1, -0.05) is 158 Å². The Bertz CT molecular complexity index is 3460. The van der Waals surface area contributed by atoms with E-state index in [1.54, 1.807) is 13.0 Å². The number of fused-ring (bicyclic) bond motifs is 3. The molecule has 66 heavy (non-hydrogen) atoms. The Balaban J connectivity index is 1.18. The maximum atomic E-state index is 14.0. The summed E-state index contributed by atoms with van der Waals surface area (Å²) in [5.74, 6) is 1.18. The minimum Gasteiger partial charge on any atom is -0.309 e. The van der Waals surface area contributed by atoms with E-state index >= 15 is 0 Å². The molecule has 5 nitrogen and oxygen atoms in total. The third-order valence-electron chi connectivity index (χ3n) is 11.9. The first-order chi connectivity index (χ1) is 32.2. The Morgan fingerprint density at radius 3 is 1.44 bits per heavy atom. The van der Waals surface area contributed by atoms with Gasteiger partial charge in [0.15, 0.2) is 11.6 Å². The number of alkyl halides is 3. The molecule has 0 amide bonds. The van der Waals surface area contributed by atoms with Gasteiger partial charge >= 0.3 is 6.18 Å². The van der Waals surface area contributed by atoms with Crippen molar-refractivity contribution in [2.45, 2.75) is 13.1 Å². The topological polar surface area (TPSA) is 56.5 Å². The van der Waals surface area contributed by atoms with E-state index in [9.17, 15) is 13.2 Å². The first-order valence-corrected chi connectivity index (χ1v) is 21.6. The van der Waals surface area contributed by atoms with E-state index in [0.29, 0.717) is 34.0 Å². The Morgan fingerprint density at radius 1 is 0.364 bits per heavy atom. The molecule has 0 fully saturated rings. The maximum Gasteiger partial charge on any atom is 0.416 e. The van der Waals surface area contributed by atoms with Crippen LogP contribution in [-0.4, -0.2) is 24.5 Å². The fourth-order valence-electron chi connectivity index (χ4n) is 8.75. The van der Waals surface area contributed by atoms with Crippen molar-refractivity contribution in [3.8, 4) is 84.6 Å². The first-order valence-electron chi connectivity index (χ1n) is 21.6. The molecule has 0 spiro atoms. The summed E-state index contributed by atoms with van der Waals surface area (Å²) in [6.45, 7) is 1.69. The zero-order chi connectivity index (χ0) is 44.8. The number of halogens is 3. The Morgan fingerprint density at radius 2 is 0.848 bits per heavy atom. The van der Waals surface area contributed by atoms with Crippen LogP contribution in [-0.2, 0) is 6.18 Å². The van der Waals surface area contributed by atoms with Crippen molar-refractivity contribution in [3.63, 3.8) is 0 Å². The van der Waals surface area contributed by atoms with Crippen LogP contribution in [0.2, 0.25) is 0 Å². The van der Waals surface area contributed by atoms with E-state index in [-0.39, 0.29) is 0 Å². The average Bonchev–Trinajstić information content (AvgIpc) is 3.70. The molecule has 0 aliphatic carbocycles. The van der Waals surface area contributed by atoms with E-state index in [1.165, 1.54) is 12.1 Å². The Labute approximate surface area is 379 Å². The summed E-state index contributed by atoms with van der Waals surface area (Å²) in [4.78, 5) is 20.7. The molecular weight excluding hydrogens is 824 g/mol. The quantitative estimate of drug-likeness (QED) is 0.153. The molecule has 316 valence electrons. The van der Waals surface area contributed by atoms with Crippen molar-refractivity contribution in [3.05, 3.63) is 223 Å². The zero-order valence-electron chi connectivity index (χ0n) is 35.6. The molecule has 8 heteroatoms. The smallest absolute Gasteiger partial charge is 0.309 e. The van der Waals surface area contributed by atoms with Gasteiger partial charge in [0.05, 0.1) is 45.1 Å². The summed E-state index contributed by atoms with van der Waals surface area (Å²) < 4.78 is 44.4. The van der Waals surface area contributed by atoms with Crippen LogP contribution in [0.4, 0.5) is 13.2 Å². The first kappa shape index (κ1) is 40.3. The van der Waals surface area contributed by atoms with Gasteiger partial charge in [-0.2, -0.15) is 13.2 Å². The monoisotopic (exact) mass is 861 g/mol. The van der Waals surface area contributed by atoms with Crippen LogP contribution in [0.5, 0.6) is 0 Å². The minimum atomic E-state index is -4.47. The van der Waals surface area contributed by atoms with Gasteiger partial charge in [-0.05, 0) is 78.2 Å². The number of nitrogens with zero attached hydrogens (tertiary/aromatic N) is 5. The SMILES string of the molecule is Cc1cc(-c2ccc3c(c2)c2ccccc2n3-c2ccc(-c3cc(-c4ccccc4)nc(-c4ccccc4)n3)cc2-c2cc(-c3ccccc3)nc(-c3ccccc3)n2)cc(C(F)(F)F)c1. The highest BCUT2D eigenvalue weighted by Gasteiger charge is 2.31. The highest BCUT2D eigenvalue weighted by Crippen LogP contribution is 2.41. The molecule has 8 aromatic carbocycles. The fraction of sp³-hybridized carbons (Fsp3) is 0.0345. The largest absolute Gasteiger partial charge is 0.416 e. The normalized spacial score (nSPS) is 11.6. The predicted octanol–water partition coefficient (Wildman–Crippen LogP) is 15.4. The number of hydrogen-bond donors (Lipinski definition) is 0. The Hall–Kier alpha value is -8.49. The maximum absolute atomic E-state index is 14.0. The van der Waals surface area contributed by atoms with Gasteiger partial charge in [0.1, 0.15) is 0 Å². The summed E-state index contributed by atoms with van der Waals surface area (Å²) in [5, 5.41) is 1.86. The number of rotatable bonds is 8. The molecule has 11 aromatic rings. The van der Waals surface area contributed by atoms with Gasteiger partial charge in [-0.25, -0.2) is 19.9 Å². The van der Waals surface area contributed by atoms with E-state index in [2.05, 4.69) is 34.9 Å². The average molecular weight is 862 g/mol. The molecule has 3 aromatic heterocycles. The second-order valence-electron chi connectivity index (χ2n) is 16.3. The summed E-state index contributed by atoms with van der Waals surface area (Å²) >= 11 is 0. The lowest BCUT2D eigenvalue weighted by Crippen LogP contribution is -2.05. The van der Waals surface area contributed by atoms with Crippen LogP contribution in [0.1, 0.15) is 11.1 Å². The van der Waals surface area contributed by atoms with Crippen molar-refractivity contribution in [1.29, 1.82) is 0 Å². The summed E-state index contributed by atoms with van der Waals surface area (Å²) in [6, 6.07) is 68.8. The second kappa shape index (κ2) is 16.6. The molecule has 0 radical (unpaired) electrons. The number of aromatic nitrogens is 5. The van der Waals surface area contributed by atoms with Crippen molar-refractivity contribution in [1.82, 2.24) is 24.5 Å². The number of hydrogen-bond acceptors (Lipinski definition) is 4. The summed E-state index contributed by atoms with van der Waals surface area (Å²) in [7, 11) is 0. The lowest BCUT2D eigenvalue weighted by molar-refractivity contribution is -0.137. The Kier molecular flexibility index (Phi) is 10.1. The highest BCUT2D eigenvalue weighted by atomic mass is 19.4. The molecule has 0 N–H and O–H groups in total. The lowest BCUT2D eigenvalue weighted by Gasteiger charge is -2.17. The number of benzene rings is 8. The molecule has 0 saturated carbocycles. The van der Waals surface area contributed by atoms with Gasteiger partial charge in [0, 0.05) is 44.2 Å². The zero-order valence-corrected chi connectivity index (χ0v) is 35.6. The molecule has 0 saturated heterocycles. The molecule has 0 atom stereocenters. The van der Waals surface area contributed by atoms with E-state index < -0.39 is 11.7 Å². The lowest BCUT2D eigenvalue weighted by atomic mass is 9.98. The summed E-state index contributed by atoms with van der Waals surface area (Å²) in [6.07, 6.45) is -4.47. The molecule has 3 heterocycles. The molecule has 0 bridgehead atoms. The molecule has 0 aliphatic rings. The van der Waals surface area contributed by atoms with Gasteiger partial charge in [-0.15, -0.1) is 0 Å². The van der Waals surface area contributed by atoms with E-state index in [4.69, 9.17) is 19.9 Å². The van der Waals surface area contributed by atoms with E-state index in [0.717, 1.165) is 78.0 Å². The van der Waals surface area contributed by atoms with Crippen molar-refractivity contribution < 1.29 is 13.2 Å². The van der Waals surface area contributed by atoms with Gasteiger partial charge in [-0.3, -0.25) is 0 Å². The van der Waals surface area contributed by atoms with Crippen LogP contribution >= 0.6 is 0 Å². The summed E-state index contributed by atoms with van der Waals surface area (Å²) in [5.41, 5.74) is 12.1. The molecule has 0 unspecified atom stereocenters. The van der Waals surface area contributed by atoms with E-state index in [1.807, 2.05) is 164 Å². The van der Waals surface area contributed by atoms with Crippen LogP contribution in [0.25, 0.3) is 106 Å². The molecule has 0 aliphatic heterocycles. The second-order valence-corrected chi connectivity index (χ2v) is 16.3. The van der Waals surface area contributed by atoms with Gasteiger partial charge in [0.25, 0.3) is 0 Å². The van der Waals surface area contributed by atoms with Crippen LogP contribution < -0.4 is 0 Å². The molecule has 11 rings (SSSR count). The van der Waals surface area contributed by atoms with Crippen LogP contribution in [0, 0.1) is 6.92 Å². The van der Waals surface area contributed by atoms with Crippen LogP contribution in [0.3, 0.4) is 0 Å². The number of para-hydroxylation sites is 1. The van der Waals surface area contributed by atoms with Crippen molar-refractivity contribution >= 4 is 21.8 Å². The molecular formula is C58H38F3N5. The third kappa shape index (κ3) is 7.68. The van der Waals surface area contributed by atoms with Crippen LogP contribution in [0.15, 0.2) is 212 Å². The van der Waals surface area contributed by atoms with Gasteiger partial charge in [0.2, 0.25) is 0 Å².